The molecule has 0 spiro atoms. The van der Waals surface area contributed by atoms with Gasteiger partial charge in [-0.1, -0.05) is 30.4 Å². The van der Waals surface area contributed by atoms with Gasteiger partial charge >= 0.3 is 0 Å². The molecule has 58 valence electrons. The third-order valence-electron chi connectivity index (χ3n) is 1.65. The van der Waals surface area contributed by atoms with E-state index in [0.29, 0.717) is 0 Å². The van der Waals surface area contributed by atoms with Gasteiger partial charge < -0.3 is 0 Å². The lowest BCUT2D eigenvalue weighted by Gasteiger charge is -2.05. The predicted octanol–water partition coefficient (Wildman–Crippen LogP) is 3.63. The normalized spacial score (nSPS) is 9.73. The molecule has 0 heterocycles. The SMILES string of the molecule is C=C(C)c1cccc(C)c1I. The Labute approximate surface area is 81.5 Å². The Morgan fingerprint density at radius 3 is 2.55 bits per heavy atom. The van der Waals surface area contributed by atoms with Crippen molar-refractivity contribution < 1.29 is 0 Å². The number of hydrogen-bond donors (Lipinski definition) is 0. The van der Waals surface area contributed by atoms with Crippen LogP contribution in [0, 0.1) is 10.5 Å². The van der Waals surface area contributed by atoms with Crippen molar-refractivity contribution in [2.45, 2.75) is 13.8 Å². The van der Waals surface area contributed by atoms with Crippen molar-refractivity contribution in [1.29, 1.82) is 0 Å². The van der Waals surface area contributed by atoms with Crippen LogP contribution in [0.25, 0.3) is 5.57 Å². The first-order valence-electron chi connectivity index (χ1n) is 3.54. The molecule has 0 saturated heterocycles. The van der Waals surface area contributed by atoms with Crippen molar-refractivity contribution in [3.05, 3.63) is 39.5 Å². The van der Waals surface area contributed by atoms with Gasteiger partial charge in [-0.05, 0) is 47.6 Å². The van der Waals surface area contributed by atoms with Gasteiger partial charge in [-0.25, -0.2) is 0 Å². The highest BCUT2D eigenvalue weighted by Crippen LogP contribution is 2.21. The lowest BCUT2D eigenvalue weighted by molar-refractivity contribution is 1.39. The van der Waals surface area contributed by atoms with E-state index in [-0.39, 0.29) is 0 Å². The molecule has 0 N–H and O–H groups in total. The van der Waals surface area contributed by atoms with E-state index in [1.54, 1.807) is 0 Å². The Bertz CT molecular complexity index is 287. The summed E-state index contributed by atoms with van der Waals surface area (Å²) in [5, 5.41) is 0. The fraction of sp³-hybridized carbons (Fsp3) is 0.200. The van der Waals surface area contributed by atoms with Gasteiger partial charge in [0.05, 0.1) is 0 Å². The van der Waals surface area contributed by atoms with E-state index in [9.17, 15) is 0 Å². The van der Waals surface area contributed by atoms with Crippen LogP contribution >= 0.6 is 22.6 Å². The molecular weight excluding hydrogens is 247 g/mol. The average Bonchev–Trinajstić information content (AvgIpc) is 1.94. The number of hydrogen-bond acceptors (Lipinski definition) is 0. The third-order valence-corrected chi connectivity index (χ3v) is 3.08. The summed E-state index contributed by atoms with van der Waals surface area (Å²) in [4.78, 5) is 0. The molecule has 1 aromatic carbocycles. The molecule has 0 atom stereocenters. The maximum absolute atomic E-state index is 3.92. The summed E-state index contributed by atoms with van der Waals surface area (Å²) >= 11 is 2.36. The van der Waals surface area contributed by atoms with Gasteiger partial charge in [-0.15, -0.1) is 0 Å². The van der Waals surface area contributed by atoms with Crippen molar-refractivity contribution in [2.24, 2.45) is 0 Å². The van der Waals surface area contributed by atoms with E-state index in [4.69, 9.17) is 0 Å². The van der Waals surface area contributed by atoms with E-state index >= 15 is 0 Å². The van der Waals surface area contributed by atoms with Gasteiger partial charge in [-0.3, -0.25) is 0 Å². The van der Waals surface area contributed by atoms with Crippen LogP contribution in [0.1, 0.15) is 18.1 Å². The topological polar surface area (TPSA) is 0 Å². The quantitative estimate of drug-likeness (QED) is 0.675. The molecule has 0 amide bonds. The van der Waals surface area contributed by atoms with Crippen LogP contribution in [-0.4, -0.2) is 0 Å². The summed E-state index contributed by atoms with van der Waals surface area (Å²) < 4.78 is 1.32. The van der Waals surface area contributed by atoms with Gasteiger partial charge in [0, 0.05) is 3.57 Å². The molecule has 1 rings (SSSR count). The molecule has 0 aliphatic rings. The summed E-state index contributed by atoms with van der Waals surface area (Å²) in [6.07, 6.45) is 0. The average molecular weight is 258 g/mol. The van der Waals surface area contributed by atoms with Crippen molar-refractivity contribution in [3.63, 3.8) is 0 Å². The van der Waals surface area contributed by atoms with E-state index in [1.165, 1.54) is 14.7 Å². The molecule has 0 nitrogen and oxygen atoms in total. The summed E-state index contributed by atoms with van der Waals surface area (Å²) in [5.41, 5.74) is 3.73. The monoisotopic (exact) mass is 258 g/mol. The smallest absolute Gasteiger partial charge is 0.0234 e. The summed E-state index contributed by atoms with van der Waals surface area (Å²) in [6.45, 7) is 8.08. The zero-order valence-electron chi connectivity index (χ0n) is 6.82. The number of benzene rings is 1. The number of allylic oxidation sites excluding steroid dienone is 1. The molecule has 1 aromatic rings. The third kappa shape index (κ3) is 1.83. The maximum Gasteiger partial charge on any atom is 0.0234 e. The van der Waals surface area contributed by atoms with Gasteiger partial charge in [-0.2, -0.15) is 0 Å². The Balaban J connectivity index is 3.27. The van der Waals surface area contributed by atoms with Crippen LogP contribution in [0.15, 0.2) is 24.8 Å². The van der Waals surface area contributed by atoms with Crippen LogP contribution in [0.5, 0.6) is 0 Å². The molecule has 1 heteroatoms. The second-order valence-electron chi connectivity index (χ2n) is 2.72. The van der Waals surface area contributed by atoms with Gasteiger partial charge in [0.25, 0.3) is 0 Å². The minimum Gasteiger partial charge on any atom is -0.0955 e. The van der Waals surface area contributed by atoms with Crippen molar-refractivity contribution in [3.8, 4) is 0 Å². The van der Waals surface area contributed by atoms with Gasteiger partial charge in [0.2, 0.25) is 0 Å². The molecule has 0 fully saturated rings. The molecule has 0 radical (unpaired) electrons. The predicted molar refractivity (Wildman–Crippen MR) is 58.6 cm³/mol. The molecular formula is C10H11I. The molecule has 11 heavy (non-hydrogen) atoms. The highest BCUT2D eigenvalue weighted by atomic mass is 127. The van der Waals surface area contributed by atoms with E-state index in [1.807, 2.05) is 6.92 Å². The lowest BCUT2D eigenvalue weighted by Crippen LogP contribution is -1.87. The summed E-state index contributed by atoms with van der Waals surface area (Å²) in [7, 11) is 0. The van der Waals surface area contributed by atoms with Crippen LogP contribution in [0.3, 0.4) is 0 Å². The minimum atomic E-state index is 1.14. The van der Waals surface area contributed by atoms with Crippen LogP contribution in [0.4, 0.5) is 0 Å². The standard InChI is InChI=1S/C10H11I/c1-7(2)9-6-4-5-8(3)10(9)11/h4-6H,1H2,2-3H3. The Kier molecular flexibility index (Phi) is 2.71. The summed E-state index contributed by atoms with van der Waals surface area (Å²) in [6, 6.07) is 6.30. The zero-order valence-corrected chi connectivity index (χ0v) is 8.97. The molecule has 0 aliphatic carbocycles. The molecule has 0 aromatic heterocycles. The number of rotatable bonds is 1. The Morgan fingerprint density at radius 2 is 2.09 bits per heavy atom. The zero-order chi connectivity index (χ0) is 8.43. The van der Waals surface area contributed by atoms with E-state index < -0.39 is 0 Å². The number of aryl methyl sites for hydroxylation is 1. The Morgan fingerprint density at radius 1 is 1.45 bits per heavy atom. The highest BCUT2D eigenvalue weighted by molar-refractivity contribution is 14.1. The Hall–Kier alpha value is -0.310. The molecule has 0 aliphatic heterocycles. The minimum absolute atomic E-state index is 1.14. The largest absolute Gasteiger partial charge is 0.0955 e. The first-order chi connectivity index (χ1) is 5.13. The van der Waals surface area contributed by atoms with Crippen molar-refractivity contribution in [2.75, 3.05) is 0 Å². The maximum atomic E-state index is 3.92. The first-order valence-corrected chi connectivity index (χ1v) is 4.62. The number of halogens is 1. The highest BCUT2D eigenvalue weighted by Gasteiger charge is 2.00. The summed E-state index contributed by atoms with van der Waals surface area (Å²) in [5.74, 6) is 0. The van der Waals surface area contributed by atoms with Crippen LogP contribution < -0.4 is 0 Å². The van der Waals surface area contributed by atoms with Crippen molar-refractivity contribution >= 4 is 28.2 Å². The molecule has 0 unspecified atom stereocenters. The molecule has 0 saturated carbocycles. The fourth-order valence-electron chi connectivity index (χ4n) is 0.977. The second-order valence-corrected chi connectivity index (χ2v) is 3.80. The molecule has 0 bridgehead atoms. The second kappa shape index (κ2) is 3.39. The van der Waals surface area contributed by atoms with Crippen molar-refractivity contribution in [1.82, 2.24) is 0 Å². The van der Waals surface area contributed by atoms with Gasteiger partial charge in [0.1, 0.15) is 0 Å². The van der Waals surface area contributed by atoms with Gasteiger partial charge in [0.15, 0.2) is 0 Å². The van der Waals surface area contributed by atoms with Crippen LogP contribution in [-0.2, 0) is 0 Å². The first kappa shape index (κ1) is 8.78. The van der Waals surface area contributed by atoms with E-state index in [2.05, 4.69) is 54.3 Å². The van der Waals surface area contributed by atoms with Crippen LogP contribution in [0.2, 0.25) is 0 Å². The van der Waals surface area contributed by atoms with E-state index in [0.717, 1.165) is 5.57 Å². The fourth-order valence-corrected chi connectivity index (χ4v) is 1.80. The lowest BCUT2D eigenvalue weighted by atomic mass is 10.1.